The summed E-state index contributed by atoms with van der Waals surface area (Å²) in [6.45, 7) is 3.96. The second-order valence-corrected chi connectivity index (χ2v) is 4.43. The van der Waals surface area contributed by atoms with Crippen LogP contribution < -0.4 is 0 Å². The van der Waals surface area contributed by atoms with Gasteiger partial charge >= 0.3 is 5.97 Å². The summed E-state index contributed by atoms with van der Waals surface area (Å²) in [4.78, 5) is 17.3. The van der Waals surface area contributed by atoms with Crippen LogP contribution in [0.3, 0.4) is 0 Å². The van der Waals surface area contributed by atoms with Crippen LogP contribution in [0.4, 0.5) is 0 Å². The molecule has 0 saturated carbocycles. The fourth-order valence-electron chi connectivity index (χ4n) is 1.20. The zero-order valence-corrected chi connectivity index (χ0v) is 10.3. The molecule has 0 fully saturated rings. The van der Waals surface area contributed by atoms with E-state index in [1.807, 2.05) is 6.92 Å². The molecule has 7 nitrogen and oxygen atoms in total. The highest BCUT2D eigenvalue weighted by molar-refractivity contribution is 7.14. The molecular formula is C9H11N5O2S. The van der Waals surface area contributed by atoms with Gasteiger partial charge in [0.05, 0.1) is 16.5 Å². The molecule has 90 valence electrons. The van der Waals surface area contributed by atoms with Gasteiger partial charge in [0.25, 0.3) is 0 Å². The molecule has 0 saturated heterocycles. The molecule has 0 N–H and O–H groups in total. The van der Waals surface area contributed by atoms with Crippen LogP contribution in [0.25, 0.3) is 10.7 Å². The highest BCUT2D eigenvalue weighted by Gasteiger charge is 2.11. The third-order valence-corrected chi connectivity index (χ3v) is 2.78. The number of carbonyl (C=O) groups excluding carboxylic acids is 1. The van der Waals surface area contributed by atoms with Crippen LogP contribution in [0, 0.1) is 6.92 Å². The van der Waals surface area contributed by atoms with Gasteiger partial charge in [0.2, 0.25) is 5.82 Å². The largest absolute Gasteiger partial charge is 0.465 e. The maximum atomic E-state index is 11.2. The van der Waals surface area contributed by atoms with Crippen LogP contribution >= 0.6 is 11.3 Å². The minimum atomic E-state index is -0.378. The van der Waals surface area contributed by atoms with Gasteiger partial charge in [-0.3, -0.25) is 0 Å². The van der Waals surface area contributed by atoms with E-state index in [4.69, 9.17) is 4.74 Å². The van der Waals surface area contributed by atoms with Crippen LogP contribution in [0.15, 0.2) is 6.20 Å². The van der Waals surface area contributed by atoms with Gasteiger partial charge in [0, 0.05) is 6.20 Å². The van der Waals surface area contributed by atoms with Crippen molar-refractivity contribution in [3.05, 3.63) is 11.2 Å². The van der Waals surface area contributed by atoms with Gasteiger partial charge in [0.1, 0.15) is 0 Å². The highest BCUT2D eigenvalue weighted by Crippen LogP contribution is 2.21. The minimum absolute atomic E-state index is 0.0291. The number of aromatic nitrogens is 5. The molecule has 2 heterocycles. The molecule has 17 heavy (non-hydrogen) atoms. The van der Waals surface area contributed by atoms with Gasteiger partial charge in [-0.15, -0.1) is 21.5 Å². The third-order valence-electron chi connectivity index (χ3n) is 1.87. The Kier molecular flexibility index (Phi) is 3.43. The summed E-state index contributed by atoms with van der Waals surface area (Å²) in [5.41, 5.74) is 0. The molecule has 0 amide bonds. The van der Waals surface area contributed by atoms with Gasteiger partial charge in [-0.05, 0) is 19.1 Å². The van der Waals surface area contributed by atoms with E-state index in [1.165, 1.54) is 16.1 Å². The number of carbonyl (C=O) groups is 1. The number of hydrogen-bond donors (Lipinski definition) is 0. The Hall–Kier alpha value is -1.83. The van der Waals surface area contributed by atoms with Gasteiger partial charge in [-0.25, -0.2) is 9.78 Å². The average Bonchev–Trinajstić information content (AvgIpc) is 2.87. The van der Waals surface area contributed by atoms with Crippen LogP contribution in [-0.2, 0) is 16.1 Å². The zero-order chi connectivity index (χ0) is 12.3. The van der Waals surface area contributed by atoms with E-state index in [-0.39, 0.29) is 12.5 Å². The molecule has 0 aliphatic carbocycles. The molecule has 0 radical (unpaired) electrons. The van der Waals surface area contributed by atoms with E-state index in [9.17, 15) is 4.79 Å². The standard InChI is InChI=1S/C9H11N5O2S/c1-3-16-8(15)5-14-12-9(11-13-14)7-4-10-6(2)17-7/h4H,3,5H2,1-2H3. The van der Waals surface area contributed by atoms with E-state index >= 15 is 0 Å². The second kappa shape index (κ2) is 5.00. The number of hydrogen-bond acceptors (Lipinski definition) is 7. The Balaban J connectivity index is 2.08. The maximum Gasteiger partial charge on any atom is 0.329 e. The van der Waals surface area contributed by atoms with E-state index in [1.54, 1.807) is 13.1 Å². The quantitative estimate of drug-likeness (QED) is 0.745. The van der Waals surface area contributed by atoms with Crippen LogP contribution in [0.1, 0.15) is 11.9 Å². The van der Waals surface area contributed by atoms with Gasteiger partial charge in [-0.1, -0.05) is 0 Å². The molecule has 2 rings (SSSR count). The van der Waals surface area contributed by atoms with Crippen molar-refractivity contribution >= 4 is 17.3 Å². The van der Waals surface area contributed by atoms with Gasteiger partial charge < -0.3 is 4.74 Å². The topological polar surface area (TPSA) is 82.8 Å². The minimum Gasteiger partial charge on any atom is -0.465 e. The molecule has 0 unspecified atom stereocenters. The second-order valence-electron chi connectivity index (χ2n) is 3.19. The predicted molar refractivity (Wildman–Crippen MR) is 60.3 cm³/mol. The lowest BCUT2D eigenvalue weighted by molar-refractivity contribution is -0.144. The summed E-state index contributed by atoms with van der Waals surface area (Å²) in [5, 5.41) is 12.6. The number of thiazole rings is 1. The van der Waals surface area contributed by atoms with E-state index in [0.717, 1.165) is 9.88 Å². The zero-order valence-electron chi connectivity index (χ0n) is 9.45. The SMILES string of the molecule is CCOC(=O)Cn1nnc(-c2cnc(C)s2)n1. The van der Waals surface area contributed by atoms with Crippen molar-refractivity contribution in [1.82, 2.24) is 25.2 Å². The number of esters is 1. The smallest absolute Gasteiger partial charge is 0.329 e. The lowest BCUT2D eigenvalue weighted by Crippen LogP contribution is -2.15. The Labute approximate surface area is 101 Å². The van der Waals surface area contributed by atoms with Crippen molar-refractivity contribution in [2.24, 2.45) is 0 Å². The van der Waals surface area contributed by atoms with Crippen molar-refractivity contribution in [3.8, 4) is 10.7 Å². The predicted octanol–water partition coefficient (Wildman–Crippen LogP) is 0.668. The number of rotatable bonds is 4. The summed E-state index contributed by atoms with van der Waals surface area (Å²) in [6, 6.07) is 0. The van der Waals surface area contributed by atoms with E-state index in [2.05, 4.69) is 20.4 Å². The Morgan fingerprint density at radius 2 is 2.41 bits per heavy atom. The lowest BCUT2D eigenvalue weighted by atomic mass is 10.5. The summed E-state index contributed by atoms with van der Waals surface area (Å²) in [6.07, 6.45) is 1.69. The van der Waals surface area contributed by atoms with E-state index < -0.39 is 0 Å². The molecule has 0 aliphatic heterocycles. The molecule has 0 atom stereocenters. The van der Waals surface area contributed by atoms with Crippen molar-refractivity contribution < 1.29 is 9.53 Å². The van der Waals surface area contributed by atoms with Gasteiger partial charge in [-0.2, -0.15) is 4.80 Å². The van der Waals surface area contributed by atoms with Gasteiger partial charge in [0.15, 0.2) is 6.54 Å². The van der Waals surface area contributed by atoms with Crippen LogP contribution in [0.5, 0.6) is 0 Å². The Morgan fingerprint density at radius 1 is 1.59 bits per heavy atom. The summed E-state index contributed by atoms with van der Waals surface area (Å²) >= 11 is 1.48. The molecule has 0 spiro atoms. The first-order valence-electron chi connectivity index (χ1n) is 5.05. The monoisotopic (exact) mass is 253 g/mol. The molecule has 0 aliphatic rings. The molecule has 8 heteroatoms. The lowest BCUT2D eigenvalue weighted by Gasteiger charge is -1.98. The number of tetrazole rings is 1. The first-order valence-corrected chi connectivity index (χ1v) is 5.87. The summed E-state index contributed by atoms with van der Waals surface area (Å²) in [7, 11) is 0. The Morgan fingerprint density at radius 3 is 3.06 bits per heavy atom. The summed E-state index contributed by atoms with van der Waals surface area (Å²) in [5.74, 6) is 0.0943. The summed E-state index contributed by atoms with van der Waals surface area (Å²) < 4.78 is 4.79. The molecule has 2 aromatic rings. The molecule has 0 aromatic carbocycles. The maximum absolute atomic E-state index is 11.2. The van der Waals surface area contributed by atoms with Crippen LogP contribution in [-0.4, -0.2) is 37.8 Å². The molecule has 0 bridgehead atoms. The van der Waals surface area contributed by atoms with Crippen molar-refractivity contribution in [3.63, 3.8) is 0 Å². The Bertz CT molecular complexity index is 521. The van der Waals surface area contributed by atoms with Crippen molar-refractivity contribution in [1.29, 1.82) is 0 Å². The number of nitrogens with zero attached hydrogens (tertiary/aromatic N) is 5. The third kappa shape index (κ3) is 2.84. The fraction of sp³-hybridized carbons (Fsp3) is 0.444. The molecular weight excluding hydrogens is 242 g/mol. The van der Waals surface area contributed by atoms with Crippen molar-refractivity contribution in [2.75, 3.05) is 6.61 Å². The first-order chi connectivity index (χ1) is 8.19. The first kappa shape index (κ1) is 11.6. The normalized spacial score (nSPS) is 10.5. The number of ether oxygens (including phenoxy) is 1. The molecule has 2 aromatic heterocycles. The number of aryl methyl sites for hydroxylation is 1. The highest BCUT2D eigenvalue weighted by atomic mass is 32.1. The van der Waals surface area contributed by atoms with Crippen LogP contribution in [0.2, 0.25) is 0 Å². The average molecular weight is 253 g/mol. The fourth-order valence-corrected chi connectivity index (χ4v) is 1.90. The van der Waals surface area contributed by atoms with E-state index in [0.29, 0.717) is 12.4 Å². The van der Waals surface area contributed by atoms with Crippen molar-refractivity contribution in [2.45, 2.75) is 20.4 Å².